The Morgan fingerprint density at radius 3 is 3.05 bits per heavy atom. The van der Waals surface area contributed by atoms with Crippen LogP contribution in [0.1, 0.15) is 31.2 Å². The molecule has 0 aliphatic carbocycles. The van der Waals surface area contributed by atoms with Gasteiger partial charge in [0, 0.05) is 19.1 Å². The van der Waals surface area contributed by atoms with E-state index in [1.54, 1.807) is 7.11 Å². The summed E-state index contributed by atoms with van der Waals surface area (Å²) in [6.45, 7) is 4.76. The summed E-state index contributed by atoms with van der Waals surface area (Å²) >= 11 is 0. The smallest absolute Gasteiger partial charge is 0.119 e. The molecule has 2 aliphatic rings. The predicted octanol–water partition coefficient (Wildman–Crippen LogP) is 2.66. The predicted molar refractivity (Wildman–Crippen MR) is 82.0 cm³/mol. The van der Waals surface area contributed by atoms with Crippen LogP contribution in [0.25, 0.3) is 0 Å². The summed E-state index contributed by atoms with van der Waals surface area (Å²) in [6, 6.07) is 9.25. The fourth-order valence-corrected chi connectivity index (χ4v) is 3.71. The quantitative estimate of drug-likeness (QED) is 0.913. The van der Waals surface area contributed by atoms with E-state index < -0.39 is 0 Å². The van der Waals surface area contributed by atoms with Crippen LogP contribution < -0.4 is 10.1 Å². The number of likely N-dealkylation sites (tertiary alicyclic amines) is 1. The molecule has 0 saturated carbocycles. The molecule has 20 heavy (non-hydrogen) atoms. The van der Waals surface area contributed by atoms with Crippen molar-refractivity contribution in [3.63, 3.8) is 0 Å². The standard InChI is InChI=1S/C17H26N2O/c1-20-16-7-2-5-14(11-16)12-19-10-4-6-15(13-19)17-8-3-9-18-17/h2,5,7,11,15,17-18H,3-4,6,8-10,12-13H2,1H3. The normalized spacial score (nSPS) is 27.6. The second kappa shape index (κ2) is 6.59. The minimum Gasteiger partial charge on any atom is -0.497 e. The minimum atomic E-state index is 0.767. The lowest BCUT2D eigenvalue weighted by molar-refractivity contribution is 0.145. The second-order valence-electron chi connectivity index (χ2n) is 6.19. The van der Waals surface area contributed by atoms with E-state index in [9.17, 15) is 0 Å². The summed E-state index contributed by atoms with van der Waals surface area (Å²) in [5.41, 5.74) is 1.37. The third kappa shape index (κ3) is 3.33. The van der Waals surface area contributed by atoms with Gasteiger partial charge in [0.15, 0.2) is 0 Å². The molecule has 3 nitrogen and oxygen atoms in total. The van der Waals surface area contributed by atoms with Gasteiger partial charge < -0.3 is 10.1 Å². The van der Waals surface area contributed by atoms with Gasteiger partial charge in [0.05, 0.1) is 7.11 Å². The first-order valence-electron chi connectivity index (χ1n) is 7.94. The van der Waals surface area contributed by atoms with Gasteiger partial charge in [0.25, 0.3) is 0 Å². The number of rotatable bonds is 4. The topological polar surface area (TPSA) is 24.5 Å². The van der Waals surface area contributed by atoms with E-state index in [0.29, 0.717) is 0 Å². The average Bonchev–Trinajstić information content (AvgIpc) is 3.02. The summed E-state index contributed by atoms with van der Waals surface area (Å²) in [6.07, 6.45) is 5.47. The molecule has 3 rings (SSSR count). The lowest BCUT2D eigenvalue weighted by atomic mass is 9.89. The molecule has 2 heterocycles. The molecule has 0 aromatic heterocycles. The fourth-order valence-electron chi connectivity index (χ4n) is 3.71. The molecule has 3 heteroatoms. The SMILES string of the molecule is COc1cccc(CN2CCCC(C3CCCN3)C2)c1. The van der Waals surface area contributed by atoms with Crippen molar-refractivity contribution in [1.82, 2.24) is 10.2 Å². The Bertz CT molecular complexity index is 429. The molecule has 0 spiro atoms. The van der Waals surface area contributed by atoms with Crippen molar-refractivity contribution in [2.24, 2.45) is 5.92 Å². The maximum atomic E-state index is 5.32. The van der Waals surface area contributed by atoms with E-state index in [1.165, 1.54) is 50.9 Å². The second-order valence-corrected chi connectivity index (χ2v) is 6.19. The molecule has 2 unspecified atom stereocenters. The lowest BCUT2D eigenvalue weighted by Crippen LogP contribution is -2.43. The number of ether oxygens (including phenoxy) is 1. The highest BCUT2D eigenvalue weighted by Gasteiger charge is 2.28. The van der Waals surface area contributed by atoms with Gasteiger partial charge in [-0.3, -0.25) is 4.90 Å². The van der Waals surface area contributed by atoms with Crippen LogP contribution >= 0.6 is 0 Å². The molecular formula is C17H26N2O. The van der Waals surface area contributed by atoms with Gasteiger partial charge >= 0.3 is 0 Å². The van der Waals surface area contributed by atoms with Gasteiger partial charge in [-0.1, -0.05) is 12.1 Å². The summed E-state index contributed by atoms with van der Waals surface area (Å²) in [5, 5.41) is 3.68. The average molecular weight is 274 g/mol. The van der Waals surface area contributed by atoms with Crippen molar-refractivity contribution < 1.29 is 4.74 Å². The van der Waals surface area contributed by atoms with Crippen LogP contribution in [0.2, 0.25) is 0 Å². The molecule has 2 fully saturated rings. The summed E-state index contributed by atoms with van der Waals surface area (Å²) in [7, 11) is 1.74. The largest absolute Gasteiger partial charge is 0.497 e. The van der Waals surface area contributed by atoms with Crippen LogP contribution in [0.4, 0.5) is 0 Å². The number of nitrogens with one attached hydrogen (secondary N) is 1. The Hall–Kier alpha value is -1.06. The van der Waals surface area contributed by atoms with Crippen molar-refractivity contribution in [2.75, 3.05) is 26.7 Å². The van der Waals surface area contributed by atoms with Crippen LogP contribution in [-0.4, -0.2) is 37.7 Å². The molecular weight excluding hydrogens is 248 g/mol. The first kappa shape index (κ1) is 13.9. The highest BCUT2D eigenvalue weighted by Crippen LogP contribution is 2.26. The molecule has 110 valence electrons. The molecule has 0 bridgehead atoms. The van der Waals surface area contributed by atoms with Crippen LogP contribution in [0.15, 0.2) is 24.3 Å². The maximum Gasteiger partial charge on any atom is 0.119 e. The zero-order valence-corrected chi connectivity index (χ0v) is 12.5. The van der Waals surface area contributed by atoms with Crippen molar-refractivity contribution in [3.8, 4) is 5.75 Å². The van der Waals surface area contributed by atoms with Gasteiger partial charge in [-0.2, -0.15) is 0 Å². The molecule has 2 saturated heterocycles. The Balaban J connectivity index is 1.59. The molecule has 0 amide bonds. The number of piperidine rings is 1. The monoisotopic (exact) mass is 274 g/mol. The Morgan fingerprint density at radius 2 is 2.25 bits per heavy atom. The number of hydrogen-bond acceptors (Lipinski definition) is 3. The maximum absolute atomic E-state index is 5.32. The molecule has 0 radical (unpaired) electrons. The van der Waals surface area contributed by atoms with Gasteiger partial charge in [-0.05, 0) is 62.4 Å². The zero-order chi connectivity index (χ0) is 13.8. The fraction of sp³-hybridized carbons (Fsp3) is 0.647. The van der Waals surface area contributed by atoms with Crippen molar-refractivity contribution in [2.45, 2.75) is 38.3 Å². The van der Waals surface area contributed by atoms with E-state index in [-0.39, 0.29) is 0 Å². The van der Waals surface area contributed by atoms with E-state index >= 15 is 0 Å². The number of benzene rings is 1. The Labute approximate surface area is 122 Å². The van der Waals surface area contributed by atoms with Crippen molar-refractivity contribution in [1.29, 1.82) is 0 Å². The molecule has 1 aromatic carbocycles. The zero-order valence-electron chi connectivity index (χ0n) is 12.5. The van der Waals surface area contributed by atoms with E-state index in [0.717, 1.165) is 24.3 Å². The third-order valence-corrected chi connectivity index (χ3v) is 4.75. The molecule has 1 N–H and O–H groups in total. The molecule has 1 aromatic rings. The van der Waals surface area contributed by atoms with Crippen LogP contribution in [-0.2, 0) is 6.54 Å². The van der Waals surface area contributed by atoms with Crippen LogP contribution in [0.5, 0.6) is 5.75 Å². The van der Waals surface area contributed by atoms with Crippen LogP contribution in [0, 0.1) is 5.92 Å². The molecule has 2 aliphatic heterocycles. The lowest BCUT2D eigenvalue weighted by Gasteiger charge is -2.35. The highest BCUT2D eigenvalue weighted by atomic mass is 16.5. The Morgan fingerprint density at radius 1 is 1.30 bits per heavy atom. The van der Waals surface area contributed by atoms with Gasteiger partial charge in [-0.15, -0.1) is 0 Å². The highest BCUT2D eigenvalue weighted by molar-refractivity contribution is 5.28. The van der Waals surface area contributed by atoms with E-state index in [2.05, 4.69) is 28.4 Å². The summed E-state index contributed by atoms with van der Waals surface area (Å²) in [5.74, 6) is 1.81. The summed E-state index contributed by atoms with van der Waals surface area (Å²) in [4.78, 5) is 2.61. The van der Waals surface area contributed by atoms with Gasteiger partial charge in [0.1, 0.15) is 5.75 Å². The Kier molecular flexibility index (Phi) is 4.58. The van der Waals surface area contributed by atoms with Crippen LogP contribution in [0.3, 0.4) is 0 Å². The first-order valence-corrected chi connectivity index (χ1v) is 7.94. The van der Waals surface area contributed by atoms with E-state index in [1.807, 2.05) is 6.07 Å². The third-order valence-electron chi connectivity index (χ3n) is 4.75. The van der Waals surface area contributed by atoms with Crippen molar-refractivity contribution >= 4 is 0 Å². The summed E-state index contributed by atoms with van der Waals surface area (Å²) < 4.78 is 5.32. The van der Waals surface area contributed by atoms with Crippen molar-refractivity contribution in [3.05, 3.63) is 29.8 Å². The number of nitrogens with zero attached hydrogens (tertiary/aromatic N) is 1. The van der Waals surface area contributed by atoms with Gasteiger partial charge in [0.2, 0.25) is 0 Å². The van der Waals surface area contributed by atoms with E-state index in [4.69, 9.17) is 4.74 Å². The number of hydrogen-bond donors (Lipinski definition) is 1. The minimum absolute atomic E-state index is 0.767. The first-order chi connectivity index (χ1) is 9.85. The number of methoxy groups -OCH3 is 1. The van der Waals surface area contributed by atoms with Gasteiger partial charge in [-0.25, -0.2) is 0 Å². The molecule has 2 atom stereocenters.